The molecule has 2 rings (SSSR count). The van der Waals surface area contributed by atoms with Gasteiger partial charge in [0.2, 0.25) is 0 Å². The van der Waals surface area contributed by atoms with Crippen LogP contribution in [0.25, 0.3) is 0 Å². The Labute approximate surface area is 91.9 Å². The average molecular weight is 207 g/mol. The highest BCUT2D eigenvalue weighted by atomic mass is 15.1. The number of hydrogen-bond acceptors (Lipinski definition) is 2. The molecule has 3 nitrogen and oxygen atoms in total. The Morgan fingerprint density at radius 3 is 3.07 bits per heavy atom. The Morgan fingerprint density at radius 1 is 1.53 bits per heavy atom. The zero-order valence-corrected chi connectivity index (χ0v) is 9.74. The molecule has 1 aliphatic carbocycles. The summed E-state index contributed by atoms with van der Waals surface area (Å²) in [6.07, 6.45) is 7.98. The number of imidazole rings is 1. The molecule has 3 heteroatoms. The molecule has 1 heterocycles. The fourth-order valence-corrected chi connectivity index (χ4v) is 2.48. The van der Waals surface area contributed by atoms with Crippen molar-refractivity contribution in [3.05, 3.63) is 18.2 Å². The summed E-state index contributed by atoms with van der Waals surface area (Å²) in [7, 11) is 0. The van der Waals surface area contributed by atoms with Crippen LogP contribution in [0.3, 0.4) is 0 Å². The number of nitrogens with zero attached hydrogens (tertiary/aromatic N) is 2. The van der Waals surface area contributed by atoms with E-state index in [-0.39, 0.29) is 0 Å². The predicted molar refractivity (Wildman–Crippen MR) is 61.7 cm³/mol. The fraction of sp³-hybridized carbons (Fsp3) is 0.750. The Kier molecular flexibility index (Phi) is 3.41. The van der Waals surface area contributed by atoms with Gasteiger partial charge in [0.05, 0.1) is 12.0 Å². The van der Waals surface area contributed by atoms with E-state index < -0.39 is 0 Å². The van der Waals surface area contributed by atoms with Gasteiger partial charge in [-0.2, -0.15) is 0 Å². The van der Waals surface area contributed by atoms with Crippen LogP contribution in [0, 0.1) is 5.92 Å². The molecule has 2 unspecified atom stereocenters. The molecule has 1 aromatic heterocycles. The third-order valence-electron chi connectivity index (χ3n) is 3.36. The molecule has 0 radical (unpaired) electrons. The molecule has 15 heavy (non-hydrogen) atoms. The molecule has 0 saturated heterocycles. The van der Waals surface area contributed by atoms with Gasteiger partial charge < -0.3 is 9.88 Å². The van der Waals surface area contributed by atoms with Crippen molar-refractivity contribution >= 4 is 0 Å². The molecule has 1 fully saturated rings. The Hall–Kier alpha value is -0.830. The summed E-state index contributed by atoms with van der Waals surface area (Å²) in [6, 6.07) is 0.691. The summed E-state index contributed by atoms with van der Waals surface area (Å²) >= 11 is 0. The molecule has 0 bridgehead atoms. The highest BCUT2D eigenvalue weighted by molar-refractivity contribution is 5.01. The van der Waals surface area contributed by atoms with Gasteiger partial charge in [-0.1, -0.05) is 13.8 Å². The van der Waals surface area contributed by atoms with Crippen LogP contribution in [-0.2, 0) is 6.54 Å². The van der Waals surface area contributed by atoms with Gasteiger partial charge in [-0.3, -0.25) is 0 Å². The van der Waals surface area contributed by atoms with Gasteiger partial charge in [0.1, 0.15) is 0 Å². The topological polar surface area (TPSA) is 29.9 Å². The number of aromatic nitrogens is 2. The molecule has 2 atom stereocenters. The molecule has 84 valence electrons. The van der Waals surface area contributed by atoms with Crippen LogP contribution in [0.15, 0.2) is 12.5 Å². The first-order valence-electron chi connectivity index (χ1n) is 6.02. The highest BCUT2D eigenvalue weighted by Crippen LogP contribution is 2.34. The minimum atomic E-state index is 0.691. The van der Waals surface area contributed by atoms with Crippen molar-refractivity contribution in [1.29, 1.82) is 0 Å². The number of hydrogen-bond donors (Lipinski definition) is 1. The van der Waals surface area contributed by atoms with Crippen LogP contribution < -0.4 is 5.32 Å². The summed E-state index contributed by atoms with van der Waals surface area (Å²) < 4.78 is 2.37. The molecule has 0 aromatic carbocycles. The van der Waals surface area contributed by atoms with Crippen molar-refractivity contribution in [3.63, 3.8) is 0 Å². The largest absolute Gasteiger partial charge is 0.330 e. The van der Waals surface area contributed by atoms with Crippen molar-refractivity contribution in [2.75, 3.05) is 6.54 Å². The first kappa shape index (κ1) is 10.7. The summed E-state index contributed by atoms with van der Waals surface area (Å²) in [5.41, 5.74) is 1.33. The first-order chi connectivity index (χ1) is 7.31. The number of rotatable bonds is 4. The minimum absolute atomic E-state index is 0.691. The van der Waals surface area contributed by atoms with E-state index in [0.29, 0.717) is 6.04 Å². The second-order valence-electron chi connectivity index (χ2n) is 4.64. The second kappa shape index (κ2) is 4.79. The molecule has 1 aliphatic rings. The second-order valence-corrected chi connectivity index (χ2v) is 4.64. The summed E-state index contributed by atoms with van der Waals surface area (Å²) in [5, 5.41) is 3.36. The molecule has 1 N–H and O–H groups in total. The molecule has 0 amide bonds. The average Bonchev–Trinajstić information content (AvgIpc) is 2.82. The highest BCUT2D eigenvalue weighted by Gasteiger charge is 2.23. The van der Waals surface area contributed by atoms with Crippen LogP contribution in [0.1, 0.15) is 44.8 Å². The standard InChI is InChI=1S/C12H21N3/c1-3-13-7-12-8-14-9-15(12)11-5-4-10(2)6-11/h8-11,13H,3-7H2,1-2H3. The molecule has 0 aliphatic heterocycles. The molecule has 1 saturated carbocycles. The van der Waals surface area contributed by atoms with Crippen molar-refractivity contribution in [3.8, 4) is 0 Å². The maximum absolute atomic E-state index is 4.27. The SMILES string of the molecule is CCNCc1cncn1C1CCC(C)C1. The molecule has 1 aromatic rings. The van der Waals surface area contributed by atoms with E-state index in [2.05, 4.69) is 28.7 Å². The minimum Gasteiger partial charge on any atom is -0.330 e. The van der Waals surface area contributed by atoms with Crippen molar-refractivity contribution in [2.45, 2.75) is 45.7 Å². The lowest BCUT2D eigenvalue weighted by Crippen LogP contribution is -2.17. The van der Waals surface area contributed by atoms with E-state index in [4.69, 9.17) is 0 Å². The van der Waals surface area contributed by atoms with Gasteiger partial charge >= 0.3 is 0 Å². The third kappa shape index (κ3) is 2.40. The van der Waals surface area contributed by atoms with Gasteiger partial charge in [-0.05, 0) is 31.7 Å². The maximum Gasteiger partial charge on any atom is 0.0951 e. The van der Waals surface area contributed by atoms with E-state index in [9.17, 15) is 0 Å². The van der Waals surface area contributed by atoms with Gasteiger partial charge in [0, 0.05) is 18.8 Å². The number of nitrogens with one attached hydrogen (secondary N) is 1. The van der Waals surface area contributed by atoms with Crippen LogP contribution in [0.5, 0.6) is 0 Å². The Balaban J connectivity index is 2.04. The summed E-state index contributed by atoms with van der Waals surface area (Å²) in [4.78, 5) is 4.27. The lowest BCUT2D eigenvalue weighted by molar-refractivity contribution is 0.473. The van der Waals surface area contributed by atoms with Crippen LogP contribution >= 0.6 is 0 Å². The normalized spacial score (nSPS) is 26.0. The van der Waals surface area contributed by atoms with Gasteiger partial charge in [0.25, 0.3) is 0 Å². The molecular formula is C12H21N3. The Bertz CT molecular complexity index is 306. The lowest BCUT2D eigenvalue weighted by Gasteiger charge is -2.15. The fourth-order valence-electron chi connectivity index (χ4n) is 2.48. The molecule has 0 spiro atoms. The van der Waals surface area contributed by atoms with Crippen molar-refractivity contribution < 1.29 is 0 Å². The third-order valence-corrected chi connectivity index (χ3v) is 3.36. The monoisotopic (exact) mass is 207 g/mol. The predicted octanol–water partition coefficient (Wildman–Crippen LogP) is 2.35. The van der Waals surface area contributed by atoms with E-state index in [0.717, 1.165) is 19.0 Å². The van der Waals surface area contributed by atoms with Gasteiger partial charge in [-0.25, -0.2) is 4.98 Å². The van der Waals surface area contributed by atoms with Crippen molar-refractivity contribution in [2.24, 2.45) is 5.92 Å². The zero-order chi connectivity index (χ0) is 10.7. The van der Waals surface area contributed by atoms with Crippen LogP contribution in [0.2, 0.25) is 0 Å². The van der Waals surface area contributed by atoms with Crippen LogP contribution in [-0.4, -0.2) is 16.1 Å². The van der Waals surface area contributed by atoms with Gasteiger partial charge in [0.15, 0.2) is 0 Å². The smallest absolute Gasteiger partial charge is 0.0951 e. The van der Waals surface area contributed by atoms with E-state index in [1.165, 1.54) is 25.0 Å². The summed E-state index contributed by atoms with van der Waals surface area (Å²) in [6.45, 7) is 6.45. The quantitative estimate of drug-likeness (QED) is 0.821. The van der Waals surface area contributed by atoms with E-state index in [1.54, 1.807) is 0 Å². The lowest BCUT2D eigenvalue weighted by atomic mass is 10.1. The van der Waals surface area contributed by atoms with E-state index in [1.807, 2.05) is 12.5 Å². The zero-order valence-electron chi connectivity index (χ0n) is 9.74. The maximum atomic E-state index is 4.27. The summed E-state index contributed by atoms with van der Waals surface area (Å²) in [5.74, 6) is 0.879. The van der Waals surface area contributed by atoms with Crippen molar-refractivity contribution in [1.82, 2.24) is 14.9 Å². The van der Waals surface area contributed by atoms with Crippen LogP contribution in [0.4, 0.5) is 0 Å². The van der Waals surface area contributed by atoms with Gasteiger partial charge in [-0.15, -0.1) is 0 Å². The molecular weight excluding hydrogens is 186 g/mol. The van der Waals surface area contributed by atoms with E-state index >= 15 is 0 Å². The first-order valence-corrected chi connectivity index (χ1v) is 6.02. The Morgan fingerprint density at radius 2 is 2.40 bits per heavy atom.